The summed E-state index contributed by atoms with van der Waals surface area (Å²) in [5.41, 5.74) is 2.65. The first kappa shape index (κ1) is 22.8. The number of nitrogens with one attached hydrogen (secondary N) is 3. The van der Waals surface area contributed by atoms with Gasteiger partial charge in [-0.1, -0.05) is 24.3 Å². The summed E-state index contributed by atoms with van der Waals surface area (Å²) in [7, 11) is 0. The minimum Gasteiger partial charge on any atom is -0.491 e. The number of amides is 2. The summed E-state index contributed by atoms with van der Waals surface area (Å²) in [5.74, 6) is 0.680. The zero-order valence-corrected chi connectivity index (χ0v) is 19.0. The van der Waals surface area contributed by atoms with Crippen LogP contribution in [0, 0.1) is 0 Å². The minimum absolute atomic E-state index is 0.0575. The first-order valence-corrected chi connectivity index (χ1v) is 11.0. The number of para-hydroxylation sites is 2. The van der Waals surface area contributed by atoms with Gasteiger partial charge in [0.1, 0.15) is 17.3 Å². The molecule has 8 heteroatoms. The fraction of sp³-hybridized carbons (Fsp3) is 0.192. The van der Waals surface area contributed by atoms with Crippen LogP contribution < -0.4 is 15.4 Å². The van der Waals surface area contributed by atoms with Gasteiger partial charge in [0.15, 0.2) is 5.76 Å². The van der Waals surface area contributed by atoms with Gasteiger partial charge in [-0.15, -0.1) is 0 Å². The van der Waals surface area contributed by atoms with Crippen LogP contribution >= 0.6 is 0 Å². The maximum atomic E-state index is 12.9. The molecule has 0 aliphatic carbocycles. The molecule has 3 N–H and O–H groups in total. The zero-order chi connectivity index (χ0) is 23.9. The lowest BCUT2D eigenvalue weighted by atomic mass is 10.1. The van der Waals surface area contributed by atoms with Crippen LogP contribution in [0.25, 0.3) is 17.1 Å². The van der Waals surface area contributed by atoms with Crippen molar-refractivity contribution in [3.8, 4) is 5.75 Å². The fourth-order valence-electron chi connectivity index (χ4n) is 3.35. The molecule has 0 aliphatic rings. The Morgan fingerprint density at radius 3 is 2.59 bits per heavy atom. The topological polar surface area (TPSA) is 109 Å². The van der Waals surface area contributed by atoms with Crippen LogP contribution in [0.1, 0.15) is 35.8 Å². The second kappa shape index (κ2) is 10.5. The van der Waals surface area contributed by atoms with Gasteiger partial charge in [0.25, 0.3) is 11.8 Å². The van der Waals surface area contributed by atoms with E-state index in [9.17, 15) is 9.59 Å². The van der Waals surface area contributed by atoms with E-state index in [1.165, 1.54) is 12.3 Å². The summed E-state index contributed by atoms with van der Waals surface area (Å²) in [6.45, 7) is 4.24. The van der Waals surface area contributed by atoms with E-state index in [-0.39, 0.29) is 17.6 Å². The van der Waals surface area contributed by atoms with Crippen molar-refractivity contribution in [2.24, 2.45) is 0 Å². The van der Waals surface area contributed by atoms with Crippen molar-refractivity contribution in [3.63, 3.8) is 0 Å². The van der Waals surface area contributed by atoms with E-state index in [4.69, 9.17) is 9.15 Å². The molecule has 2 amide bonds. The Morgan fingerprint density at radius 1 is 1.09 bits per heavy atom. The summed E-state index contributed by atoms with van der Waals surface area (Å²) < 4.78 is 10.8. The summed E-state index contributed by atoms with van der Waals surface area (Å²) in [6, 6.07) is 18.2. The van der Waals surface area contributed by atoms with Crippen LogP contribution in [-0.4, -0.2) is 34.4 Å². The number of aromatic nitrogens is 2. The molecule has 0 bridgehead atoms. The fourth-order valence-corrected chi connectivity index (χ4v) is 3.35. The Balaban J connectivity index is 1.46. The summed E-state index contributed by atoms with van der Waals surface area (Å²) in [4.78, 5) is 33.2. The molecule has 0 fully saturated rings. The number of hydrogen-bond donors (Lipinski definition) is 3. The van der Waals surface area contributed by atoms with E-state index in [1.54, 1.807) is 12.1 Å². The van der Waals surface area contributed by atoms with Crippen molar-refractivity contribution in [1.82, 2.24) is 20.6 Å². The largest absolute Gasteiger partial charge is 0.491 e. The number of carbonyl (C=O) groups is 2. The highest BCUT2D eigenvalue weighted by molar-refractivity contribution is 6.04. The number of hydrogen-bond acceptors (Lipinski definition) is 5. The highest BCUT2D eigenvalue weighted by Crippen LogP contribution is 2.16. The van der Waals surface area contributed by atoms with Crippen molar-refractivity contribution < 1.29 is 18.7 Å². The highest BCUT2D eigenvalue weighted by Gasteiger charge is 2.16. The predicted octanol–water partition coefficient (Wildman–Crippen LogP) is 4.07. The van der Waals surface area contributed by atoms with Gasteiger partial charge < -0.3 is 24.8 Å². The lowest BCUT2D eigenvalue weighted by Gasteiger charge is -2.11. The van der Waals surface area contributed by atoms with E-state index in [2.05, 4.69) is 20.6 Å². The molecule has 8 nitrogen and oxygen atoms in total. The van der Waals surface area contributed by atoms with Crippen LogP contribution in [0.15, 0.2) is 77.0 Å². The van der Waals surface area contributed by atoms with Gasteiger partial charge in [-0.05, 0) is 61.9 Å². The van der Waals surface area contributed by atoms with Crippen molar-refractivity contribution in [1.29, 1.82) is 0 Å². The molecule has 4 rings (SSSR count). The Kier molecular flexibility index (Phi) is 7.07. The van der Waals surface area contributed by atoms with Crippen LogP contribution in [0.3, 0.4) is 0 Å². The van der Waals surface area contributed by atoms with Gasteiger partial charge in [-0.25, -0.2) is 4.98 Å². The van der Waals surface area contributed by atoms with Gasteiger partial charge in [-0.2, -0.15) is 0 Å². The number of benzene rings is 2. The second-order valence-corrected chi connectivity index (χ2v) is 7.93. The van der Waals surface area contributed by atoms with Gasteiger partial charge >= 0.3 is 0 Å². The van der Waals surface area contributed by atoms with Crippen LogP contribution in [0.2, 0.25) is 0 Å². The van der Waals surface area contributed by atoms with Crippen molar-refractivity contribution in [2.75, 3.05) is 6.54 Å². The van der Waals surface area contributed by atoms with Gasteiger partial charge in [0.2, 0.25) is 0 Å². The number of imidazole rings is 1. The molecule has 0 saturated carbocycles. The Labute approximate surface area is 197 Å². The number of H-pyrrole nitrogens is 1. The molecule has 2 heterocycles. The molecular weight excluding hydrogens is 432 g/mol. The normalized spacial score (nSPS) is 11.6. The van der Waals surface area contributed by atoms with E-state index in [0.717, 1.165) is 28.2 Å². The second-order valence-electron chi connectivity index (χ2n) is 7.93. The average Bonchev–Trinajstić information content (AvgIpc) is 3.49. The summed E-state index contributed by atoms with van der Waals surface area (Å²) in [5, 5.41) is 5.49. The molecule has 2 aromatic carbocycles. The lowest BCUT2D eigenvalue weighted by Crippen LogP contribution is -2.35. The Morgan fingerprint density at radius 2 is 1.88 bits per heavy atom. The van der Waals surface area contributed by atoms with Crippen LogP contribution in [-0.2, 0) is 11.2 Å². The smallest absolute Gasteiger partial charge is 0.291 e. The molecule has 0 atom stereocenters. The minimum atomic E-state index is -0.511. The van der Waals surface area contributed by atoms with Crippen molar-refractivity contribution >= 4 is 28.9 Å². The maximum absolute atomic E-state index is 12.9. The number of aromatic amines is 1. The SMILES string of the molecule is CC(C)Oc1ccc(/C=C(\NC(=O)c2ccco2)C(=O)NCCc2nc3ccccc3[nH]2)cc1. The number of carbonyl (C=O) groups excluding carboxylic acids is 2. The quantitative estimate of drug-likeness (QED) is 0.328. The Hall–Kier alpha value is -4.33. The molecule has 0 radical (unpaired) electrons. The summed E-state index contributed by atoms with van der Waals surface area (Å²) in [6.07, 6.45) is 3.58. The maximum Gasteiger partial charge on any atom is 0.291 e. The van der Waals surface area contributed by atoms with Crippen LogP contribution in [0.5, 0.6) is 5.75 Å². The van der Waals surface area contributed by atoms with E-state index in [1.807, 2.05) is 62.4 Å². The molecule has 0 saturated heterocycles. The number of fused-ring (bicyclic) bond motifs is 1. The Bertz CT molecular complexity index is 1260. The van der Waals surface area contributed by atoms with Gasteiger partial charge in [0, 0.05) is 13.0 Å². The zero-order valence-electron chi connectivity index (χ0n) is 19.0. The predicted molar refractivity (Wildman–Crippen MR) is 129 cm³/mol. The van der Waals surface area contributed by atoms with Crippen LogP contribution in [0.4, 0.5) is 0 Å². The number of ether oxygens (including phenoxy) is 1. The van der Waals surface area contributed by atoms with Gasteiger partial charge in [-0.3, -0.25) is 9.59 Å². The molecule has 2 aromatic heterocycles. The highest BCUT2D eigenvalue weighted by atomic mass is 16.5. The van der Waals surface area contributed by atoms with Crippen molar-refractivity contribution in [2.45, 2.75) is 26.4 Å². The molecule has 4 aromatic rings. The first-order valence-electron chi connectivity index (χ1n) is 11.0. The third kappa shape index (κ3) is 5.92. The molecule has 174 valence electrons. The molecule has 0 spiro atoms. The number of furan rings is 1. The number of rotatable bonds is 9. The van der Waals surface area contributed by atoms with E-state index in [0.29, 0.717) is 13.0 Å². The summed E-state index contributed by atoms with van der Waals surface area (Å²) >= 11 is 0. The number of nitrogens with zero attached hydrogens (tertiary/aromatic N) is 1. The molecular formula is C26H26N4O4. The van der Waals surface area contributed by atoms with Gasteiger partial charge in [0.05, 0.1) is 23.4 Å². The van der Waals surface area contributed by atoms with E-state index < -0.39 is 11.8 Å². The molecule has 0 unspecified atom stereocenters. The standard InChI is InChI=1S/C26H26N4O4/c1-17(2)34-19-11-9-18(10-12-19)16-22(30-26(32)23-8-5-15-33-23)25(31)27-14-13-24-28-20-6-3-4-7-21(20)29-24/h3-12,15-17H,13-14H2,1-2H3,(H,27,31)(H,28,29)(H,30,32)/b22-16-. The molecule has 34 heavy (non-hydrogen) atoms. The lowest BCUT2D eigenvalue weighted by molar-refractivity contribution is -0.117. The third-order valence-electron chi connectivity index (χ3n) is 4.89. The average molecular weight is 459 g/mol. The molecule has 0 aliphatic heterocycles. The first-order chi connectivity index (χ1) is 16.5. The van der Waals surface area contributed by atoms with E-state index >= 15 is 0 Å². The monoisotopic (exact) mass is 458 g/mol. The van der Waals surface area contributed by atoms with Crippen molar-refractivity contribution in [3.05, 3.63) is 89.8 Å². The third-order valence-corrected chi connectivity index (χ3v) is 4.89.